The minimum atomic E-state index is -0.919. The maximum atomic E-state index is 10.3. The van der Waals surface area contributed by atoms with Crippen LogP contribution in [0.25, 0.3) is 0 Å². The van der Waals surface area contributed by atoms with Crippen molar-refractivity contribution in [2.24, 2.45) is 5.73 Å². The van der Waals surface area contributed by atoms with Crippen LogP contribution in [0.1, 0.15) is 19.3 Å². The van der Waals surface area contributed by atoms with Crippen molar-refractivity contribution in [1.82, 2.24) is 4.84 Å². The molecular formula is C6H13ClN2O2. The summed E-state index contributed by atoms with van der Waals surface area (Å²) in [5.41, 5.74) is 5.23. The molecule has 0 saturated heterocycles. The highest BCUT2D eigenvalue weighted by molar-refractivity contribution is 6.14. The molecule has 0 fully saturated rings. The molecule has 1 atom stereocenters. The Morgan fingerprint density at radius 3 is 2.64 bits per heavy atom. The highest BCUT2D eigenvalue weighted by Crippen LogP contribution is 2.00. The zero-order chi connectivity index (χ0) is 8.69. The summed E-state index contributed by atoms with van der Waals surface area (Å²) in [7, 11) is 0. The van der Waals surface area contributed by atoms with Crippen molar-refractivity contribution in [3.63, 3.8) is 0 Å². The maximum Gasteiger partial charge on any atom is 0.321 e. The van der Waals surface area contributed by atoms with E-state index in [1.807, 2.05) is 0 Å². The number of carboxylic acid groups (broad SMARTS) is 1. The third-order valence-corrected chi connectivity index (χ3v) is 1.64. The molecule has 0 spiro atoms. The summed E-state index contributed by atoms with van der Waals surface area (Å²) in [5, 5.41) is 8.49. The Bertz CT molecular complexity index is 121. The van der Waals surface area contributed by atoms with Crippen LogP contribution < -0.4 is 10.6 Å². The summed E-state index contributed by atoms with van der Waals surface area (Å²) in [6.07, 6.45) is 2.14. The van der Waals surface area contributed by atoms with Gasteiger partial charge in [0.15, 0.2) is 0 Å². The number of nitrogens with one attached hydrogen (secondary N) is 1. The molecule has 0 radical (unpaired) electrons. The summed E-state index contributed by atoms with van der Waals surface area (Å²) in [4.78, 5) is 12.5. The van der Waals surface area contributed by atoms with Gasteiger partial charge in [-0.25, -0.2) is 4.84 Å². The molecular weight excluding hydrogens is 168 g/mol. The van der Waals surface area contributed by atoms with Gasteiger partial charge in [0, 0.05) is 0 Å². The standard InChI is InChI=1S/C6H13ClN2O2/c7-9-5(6(10)11)3-1-2-4-8/h5,9H,1-4,8H2,(H,10,11)/t5-/m0/s1. The normalized spacial score (nSPS) is 12.9. The van der Waals surface area contributed by atoms with Crippen LogP contribution in [0.3, 0.4) is 0 Å². The van der Waals surface area contributed by atoms with Crippen molar-refractivity contribution >= 4 is 17.7 Å². The fourth-order valence-electron chi connectivity index (χ4n) is 0.717. The van der Waals surface area contributed by atoms with E-state index in [2.05, 4.69) is 4.84 Å². The molecule has 66 valence electrons. The van der Waals surface area contributed by atoms with Crippen molar-refractivity contribution in [3.8, 4) is 0 Å². The van der Waals surface area contributed by atoms with E-state index in [1.165, 1.54) is 0 Å². The third kappa shape index (κ3) is 5.01. The molecule has 11 heavy (non-hydrogen) atoms. The average Bonchev–Trinajstić information content (AvgIpc) is 1.97. The smallest absolute Gasteiger partial charge is 0.321 e. The van der Waals surface area contributed by atoms with E-state index in [9.17, 15) is 4.79 Å². The lowest BCUT2D eigenvalue weighted by Crippen LogP contribution is -2.30. The van der Waals surface area contributed by atoms with Gasteiger partial charge in [-0.15, -0.1) is 0 Å². The Kier molecular flexibility index (Phi) is 6.21. The third-order valence-electron chi connectivity index (χ3n) is 1.38. The molecule has 0 aliphatic heterocycles. The Balaban J connectivity index is 3.44. The number of rotatable bonds is 6. The highest BCUT2D eigenvalue weighted by Gasteiger charge is 2.14. The van der Waals surface area contributed by atoms with E-state index in [4.69, 9.17) is 22.6 Å². The topological polar surface area (TPSA) is 75.3 Å². The molecule has 0 aliphatic rings. The molecule has 0 saturated carbocycles. The van der Waals surface area contributed by atoms with Gasteiger partial charge in [0.05, 0.1) is 0 Å². The van der Waals surface area contributed by atoms with Gasteiger partial charge in [-0.3, -0.25) is 4.79 Å². The van der Waals surface area contributed by atoms with Crippen molar-refractivity contribution in [1.29, 1.82) is 0 Å². The summed E-state index contributed by atoms with van der Waals surface area (Å²) in [6, 6.07) is -0.650. The molecule has 0 rings (SSSR count). The first-order valence-electron chi connectivity index (χ1n) is 3.51. The van der Waals surface area contributed by atoms with Crippen LogP contribution in [0.15, 0.2) is 0 Å². The van der Waals surface area contributed by atoms with E-state index in [1.54, 1.807) is 0 Å². The molecule has 0 aliphatic carbocycles. The molecule has 0 aromatic rings. The molecule has 0 heterocycles. The lowest BCUT2D eigenvalue weighted by atomic mass is 10.1. The van der Waals surface area contributed by atoms with Gasteiger partial charge in [-0.05, 0) is 37.6 Å². The first-order valence-corrected chi connectivity index (χ1v) is 3.89. The van der Waals surface area contributed by atoms with Crippen LogP contribution in [0.5, 0.6) is 0 Å². The summed E-state index contributed by atoms with van der Waals surface area (Å²) in [5.74, 6) is -0.919. The van der Waals surface area contributed by atoms with Crippen molar-refractivity contribution in [2.45, 2.75) is 25.3 Å². The zero-order valence-corrected chi connectivity index (χ0v) is 6.97. The Morgan fingerprint density at radius 2 is 2.27 bits per heavy atom. The van der Waals surface area contributed by atoms with Crippen molar-refractivity contribution < 1.29 is 9.90 Å². The maximum absolute atomic E-state index is 10.3. The predicted molar refractivity (Wildman–Crippen MR) is 43.3 cm³/mol. The minimum absolute atomic E-state index is 0.524. The fraction of sp³-hybridized carbons (Fsp3) is 0.833. The van der Waals surface area contributed by atoms with Crippen molar-refractivity contribution in [2.75, 3.05) is 6.54 Å². The van der Waals surface area contributed by atoms with Gasteiger partial charge in [0.1, 0.15) is 6.04 Å². The number of carbonyl (C=O) groups is 1. The molecule has 0 bridgehead atoms. The van der Waals surface area contributed by atoms with Crippen LogP contribution >= 0.6 is 11.8 Å². The fourth-order valence-corrected chi connectivity index (χ4v) is 0.920. The first-order chi connectivity index (χ1) is 5.22. The second-order valence-corrected chi connectivity index (χ2v) is 2.50. The van der Waals surface area contributed by atoms with E-state index < -0.39 is 12.0 Å². The molecule has 0 amide bonds. The number of hydrogen-bond donors (Lipinski definition) is 3. The molecule has 5 heteroatoms. The number of nitrogens with two attached hydrogens (primary N) is 1. The quantitative estimate of drug-likeness (QED) is 0.406. The molecule has 0 aromatic carbocycles. The lowest BCUT2D eigenvalue weighted by Gasteiger charge is -2.07. The Labute approximate surface area is 70.8 Å². The number of hydrogen-bond acceptors (Lipinski definition) is 3. The second kappa shape index (κ2) is 6.39. The molecule has 4 nitrogen and oxygen atoms in total. The van der Waals surface area contributed by atoms with Gasteiger partial charge < -0.3 is 10.8 Å². The number of aliphatic carboxylic acids is 1. The molecule has 4 N–H and O–H groups in total. The van der Waals surface area contributed by atoms with Gasteiger partial charge in [0.2, 0.25) is 0 Å². The van der Waals surface area contributed by atoms with Crippen LogP contribution in [-0.4, -0.2) is 23.7 Å². The van der Waals surface area contributed by atoms with Gasteiger partial charge >= 0.3 is 5.97 Å². The van der Waals surface area contributed by atoms with Crippen LogP contribution in [-0.2, 0) is 4.79 Å². The zero-order valence-electron chi connectivity index (χ0n) is 6.22. The summed E-state index contributed by atoms with van der Waals surface area (Å²) in [6.45, 7) is 0.592. The minimum Gasteiger partial charge on any atom is -0.480 e. The molecule has 0 unspecified atom stereocenters. The summed E-state index contributed by atoms with van der Waals surface area (Å²) < 4.78 is 0. The van der Waals surface area contributed by atoms with E-state index in [0.717, 1.165) is 12.8 Å². The van der Waals surface area contributed by atoms with E-state index in [0.29, 0.717) is 13.0 Å². The largest absolute Gasteiger partial charge is 0.480 e. The van der Waals surface area contributed by atoms with Crippen molar-refractivity contribution in [3.05, 3.63) is 0 Å². The summed E-state index contributed by atoms with van der Waals surface area (Å²) >= 11 is 5.18. The van der Waals surface area contributed by atoms with E-state index in [-0.39, 0.29) is 0 Å². The monoisotopic (exact) mass is 180 g/mol. The number of carboxylic acids is 1. The second-order valence-electron chi connectivity index (χ2n) is 2.28. The van der Waals surface area contributed by atoms with E-state index >= 15 is 0 Å². The highest BCUT2D eigenvalue weighted by atomic mass is 35.5. The van der Waals surface area contributed by atoms with Crippen LogP contribution in [0.4, 0.5) is 0 Å². The Hall–Kier alpha value is -0.320. The van der Waals surface area contributed by atoms with Crippen LogP contribution in [0.2, 0.25) is 0 Å². The lowest BCUT2D eigenvalue weighted by molar-refractivity contribution is -0.139. The van der Waals surface area contributed by atoms with Crippen LogP contribution in [0, 0.1) is 0 Å². The number of halogens is 1. The SMILES string of the molecule is NCCCC[C@H](NCl)C(=O)O. The van der Waals surface area contributed by atoms with Gasteiger partial charge in [-0.1, -0.05) is 0 Å². The first kappa shape index (κ1) is 10.7. The molecule has 0 aromatic heterocycles. The van der Waals surface area contributed by atoms with Gasteiger partial charge in [-0.2, -0.15) is 0 Å². The average molecular weight is 181 g/mol. The van der Waals surface area contributed by atoms with Gasteiger partial charge in [0.25, 0.3) is 0 Å². The number of unbranched alkanes of at least 4 members (excludes halogenated alkanes) is 1. The predicted octanol–water partition coefficient (Wildman–Crippen LogP) is 0.312. The Morgan fingerprint density at radius 1 is 1.64 bits per heavy atom.